The van der Waals surface area contributed by atoms with Gasteiger partial charge in [0.05, 0.1) is 25.0 Å². The Kier molecular flexibility index (Phi) is 6.93. The molecule has 174 valence electrons. The molecule has 4 aromatic rings. The molecule has 0 aliphatic carbocycles. The maximum absolute atomic E-state index is 13.3. The second-order valence-electron chi connectivity index (χ2n) is 7.50. The highest BCUT2D eigenvalue weighted by Crippen LogP contribution is 2.12. The third kappa shape index (κ3) is 4.65. The van der Waals surface area contributed by atoms with Gasteiger partial charge in [0.2, 0.25) is 0 Å². The fourth-order valence-electron chi connectivity index (χ4n) is 3.68. The van der Waals surface area contributed by atoms with Gasteiger partial charge < -0.3 is 14.0 Å². The predicted molar refractivity (Wildman–Crippen MR) is 126 cm³/mol. The standard InChI is InChI=1S/C25H24N4O5/c1-3-34-25(32)19-16-18-22(26-20-11-7-8-12-28(20)24(18)31)29(13-14-33-2)23(19)27-21(30)15-17-9-5-4-6-10-17/h4-12,16H,3,13-15H2,1-2H3. The van der Waals surface area contributed by atoms with Crippen molar-refractivity contribution in [2.45, 2.75) is 19.9 Å². The lowest BCUT2D eigenvalue weighted by Crippen LogP contribution is -2.33. The molecule has 4 rings (SSSR count). The summed E-state index contributed by atoms with van der Waals surface area (Å²) in [6.07, 6.45) is 1.66. The largest absolute Gasteiger partial charge is 0.462 e. The summed E-state index contributed by atoms with van der Waals surface area (Å²) >= 11 is 0. The highest BCUT2D eigenvalue weighted by molar-refractivity contribution is 5.93. The number of hydrogen-bond acceptors (Lipinski definition) is 6. The van der Waals surface area contributed by atoms with Crippen molar-refractivity contribution in [2.24, 2.45) is 4.99 Å². The number of esters is 1. The van der Waals surface area contributed by atoms with Crippen molar-refractivity contribution in [2.75, 3.05) is 20.3 Å². The SMILES string of the molecule is CCOC(=O)c1cc2c(=O)n3ccccc3nc2n(CCOC)c1=NC(=O)Cc1ccccc1. The normalized spacial score (nSPS) is 11.8. The second kappa shape index (κ2) is 10.2. The molecule has 1 amide bonds. The number of amides is 1. The number of benzene rings is 1. The third-order valence-electron chi connectivity index (χ3n) is 5.23. The van der Waals surface area contributed by atoms with Crippen LogP contribution in [0.15, 0.2) is 70.6 Å². The Morgan fingerprint density at radius 2 is 1.85 bits per heavy atom. The Labute approximate surface area is 194 Å². The molecule has 9 nitrogen and oxygen atoms in total. The summed E-state index contributed by atoms with van der Waals surface area (Å²) in [4.78, 5) is 48.0. The van der Waals surface area contributed by atoms with Crippen LogP contribution in [0.5, 0.6) is 0 Å². The van der Waals surface area contributed by atoms with E-state index in [0.29, 0.717) is 11.3 Å². The van der Waals surface area contributed by atoms with E-state index < -0.39 is 11.9 Å². The van der Waals surface area contributed by atoms with Gasteiger partial charge in [-0.05, 0) is 30.7 Å². The van der Waals surface area contributed by atoms with Crippen molar-refractivity contribution in [3.8, 4) is 0 Å². The van der Waals surface area contributed by atoms with E-state index in [1.165, 1.54) is 17.6 Å². The lowest BCUT2D eigenvalue weighted by Gasteiger charge is -2.14. The van der Waals surface area contributed by atoms with Crippen molar-refractivity contribution in [1.82, 2.24) is 14.0 Å². The summed E-state index contributed by atoms with van der Waals surface area (Å²) in [6, 6.07) is 15.8. The van der Waals surface area contributed by atoms with Gasteiger partial charge in [-0.1, -0.05) is 36.4 Å². The molecule has 0 unspecified atom stereocenters. The van der Waals surface area contributed by atoms with Crippen LogP contribution in [0, 0.1) is 0 Å². The molecule has 0 aliphatic rings. The zero-order chi connectivity index (χ0) is 24.1. The lowest BCUT2D eigenvalue weighted by atomic mass is 10.1. The van der Waals surface area contributed by atoms with Gasteiger partial charge in [0, 0.05) is 19.9 Å². The average molecular weight is 460 g/mol. The topological polar surface area (TPSA) is 104 Å². The maximum Gasteiger partial charge on any atom is 0.341 e. The van der Waals surface area contributed by atoms with Gasteiger partial charge in [0.25, 0.3) is 11.5 Å². The minimum atomic E-state index is -0.681. The van der Waals surface area contributed by atoms with E-state index in [-0.39, 0.29) is 48.2 Å². The summed E-state index contributed by atoms with van der Waals surface area (Å²) in [7, 11) is 1.53. The summed E-state index contributed by atoms with van der Waals surface area (Å²) in [6.45, 7) is 2.27. The summed E-state index contributed by atoms with van der Waals surface area (Å²) < 4.78 is 13.4. The van der Waals surface area contributed by atoms with Crippen LogP contribution in [-0.4, -0.2) is 46.2 Å². The van der Waals surface area contributed by atoms with Crippen molar-refractivity contribution in [3.63, 3.8) is 0 Å². The van der Waals surface area contributed by atoms with Gasteiger partial charge in [0.1, 0.15) is 16.9 Å². The van der Waals surface area contributed by atoms with Crippen LogP contribution in [-0.2, 0) is 27.2 Å². The number of nitrogens with zero attached hydrogens (tertiary/aromatic N) is 4. The van der Waals surface area contributed by atoms with Crippen LogP contribution in [0.1, 0.15) is 22.8 Å². The Morgan fingerprint density at radius 1 is 1.09 bits per heavy atom. The van der Waals surface area contributed by atoms with Gasteiger partial charge in [-0.25, -0.2) is 9.78 Å². The molecule has 0 atom stereocenters. The van der Waals surface area contributed by atoms with Crippen molar-refractivity contribution >= 4 is 28.6 Å². The fraction of sp³-hybridized carbons (Fsp3) is 0.240. The number of methoxy groups -OCH3 is 1. The molecular weight excluding hydrogens is 436 g/mol. The van der Waals surface area contributed by atoms with Gasteiger partial charge in [0.15, 0.2) is 5.49 Å². The Hall–Kier alpha value is -4.11. The van der Waals surface area contributed by atoms with E-state index >= 15 is 0 Å². The van der Waals surface area contributed by atoms with Crippen LogP contribution in [0.3, 0.4) is 0 Å². The van der Waals surface area contributed by atoms with Crippen molar-refractivity contribution in [1.29, 1.82) is 0 Å². The van der Waals surface area contributed by atoms with Crippen LogP contribution in [0.4, 0.5) is 0 Å². The van der Waals surface area contributed by atoms with Crippen LogP contribution >= 0.6 is 0 Å². The number of fused-ring (bicyclic) bond motifs is 2. The molecule has 0 N–H and O–H groups in total. The molecule has 3 heterocycles. The van der Waals surface area contributed by atoms with E-state index in [4.69, 9.17) is 9.47 Å². The number of rotatable bonds is 7. The molecule has 1 aromatic carbocycles. The molecule has 0 saturated carbocycles. The molecule has 0 radical (unpaired) electrons. The van der Waals surface area contributed by atoms with Crippen molar-refractivity contribution < 1.29 is 19.1 Å². The van der Waals surface area contributed by atoms with E-state index in [0.717, 1.165) is 5.56 Å². The predicted octanol–water partition coefficient (Wildman–Crippen LogP) is 2.14. The first-order valence-electron chi connectivity index (χ1n) is 10.9. The second-order valence-corrected chi connectivity index (χ2v) is 7.50. The zero-order valence-corrected chi connectivity index (χ0v) is 18.9. The molecule has 0 aliphatic heterocycles. The fourth-order valence-corrected chi connectivity index (χ4v) is 3.68. The first-order valence-corrected chi connectivity index (χ1v) is 10.9. The number of carbonyl (C=O) groups is 2. The van der Waals surface area contributed by atoms with Crippen LogP contribution < -0.4 is 11.0 Å². The zero-order valence-electron chi connectivity index (χ0n) is 18.9. The molecule has 3 aromatic heterocycles. The summed E-state index contributed by atoms with van der Waals surface area (Å²) in [5.41, 5.74) is 1.27. The van der Waals surface area contributed by atoms with E-state index in [9.17, 15) is 14.4 Å². The lowest BCUT2D eigenvalue weighted by molar-refractivity contribution is -0.117. The molecule has 0 bridgehead atoms. The molecular formula is C25H24N4O5. The average Bonchev–Trinajstić information content (AvgIpc) is 2.84. The molecule has 0 fully saturated rings. The van der Waals surface area contributed by atoms with Crippen molar-refractivity contribution in [3.05, 3.63) is 87.8 Å². The van der Waals surface area contributed by atoms with Crippen LogP contribution in [0.25, 0.3) is 16.7 Å². The Bertz CT molecular complexity index is 1490. The monoisotopic (exact) mass is 460 g/mol. The molecule has 34 heavy (non-hydrogen) atoms. The molecule has 0 saturated heterocycles. The molecule has 0 spiro atoms. The summed E-state index contributed by atoms with van der Waals surface area (Å²) in [5.74, 6) is -1.13. The summed E-state index contributed by atoms with van der Waals surface area (Å²) in [5, 5.41) is 0.206. The Balaban J connectivity index is 2.03. The minimum Gasteiger partial charge on any atom is -0.462 e. The van der Waals surface area contributed by atoms with E-state index in [2.05, 4.69) is 9.98 Å². The maximum atomic E-state index is 13.3. The number of aromatic nitrogens is 3. The number of ether oxygens (including phenoxy) is 2. The van der Waals surface area contributed by atoms with Gasteiger partial charge in [-0.2, -0.15) is 4.99 Å². The van der Waals surface area contributed by atoms with Crippen LogP contribution in [0.2, 0.25) is 0 Å². The first kappa shape index (κ1) is 23.1. The highest BCUT2D eigenvalue weighted by Gasteiger charge is 2.20. The third-order valence-corrected chi connectivity index (χ3v) is 5.23. The smallest absolute Gasteiger partial charge is 0.341 e. The van der Waals surface area contributed by atoms with Gasteiger partial charge >= 0.3 is 5.97 Å². The van der Waals surface area contributed by atoms with Gasteiger partial charge in [-0.15, -0.1) is 0 Å². The number of carbonyl (C=O) groups excluding carboxylic acids is 2. The quantitative estimate of drug-likeness (QED) is 0.309. The van der Waals surface area contributed by atoms with E-state index in [1.54, 1.807) is 35.9 Å². The van der Waals surface area contributed by atoms with E-state index in [1.807, 2.05) is 30.3 Å². The first-order chi connectivity index (χ1) is 16.5. The minimum absolute atomic E-state index is 0.0154. The number of hydrogen-bond donors (Lipinski definition) is 0. The van der Waals surface area contributed by atoms with Gasteiger partial charge in [-0.3, -0.25) is 14.0 Å². The molecule has 9 heteroatoms. The Morgan fingerprint density at radius 3 is 2.59 bits per heavy atom. The highest BCUT2D eigenvalue weighted by atomic mass is 16.5. The number of pyridine rings is 2.